The molecule has 1 heterocycles. The Balaban J connectivity index is 0.00000289. The second-order valence-corrected chi connectivity index (χ2v) is 8.91. The molecular weight excluding hydrogens is 452 g/mol. The smallest absolute Gasteiger partial charge is 0.260 e. The van der Waals surface area contributed by atoms with Gasteiger partial charge in [0, 0.05) is 24.7 Å². The van der Waals surface area contributed by atoms with Gasteiger partial charge in [0.25, 0.3) is 5.91 Å². The van der Waals surface area contributed by atoms with E-state index >= 15 is 0 Å². The molecule has 8 heteroatoms. The Bertz CT molecular complexity index is 1100. The number of anilines is 1. The number of nitrogens with zero attached hydrogens (tertiary/aromatic N) is 3. The van der Waals surface area contributed by atoms with Gasteiger partial charge in [-0.1, -0.05) is 31.3 Å². The molecule has 0 unspecified atom stereocenters. The van der Waals surface area contributed by atoms with Gasteiger partial charge in [0.15, 0.2) is 10.9 Å². The van der Waals surface area contributed by atoms with Crippen molar-refractivity contribution in [2.75, 3.05) is 31.1 Å². The Kier molecular flexibility index (Phi) is 8.20. The molecule has 172 valence electrons. The van der Waals surface area contributed by atoms with E-state index in [0.29, 0.717) is 28.5 Å². The van der Waals surface area contributed by atoms with Crippen LogP contribution in [0.2, 0.25) is 0 Å². The third kappa shape index (κ3) is 5.11. The number of fused-ring (bicyclic) bond motifs is 2. The van der Waals surface area contributed by atoms with Crippen LogP contribution in [0.1, 0.15) is 48.2 Å². The summed E-state index contributed by atoms with van der Waals surface area (Å²) in [5, 5.41) is 0.398. The molecule has 4 nitrogen and oxygen atoms in total. The first-order chi connectivity index (χ1) is 15.0. The minimum Gasteiger partial charge on any atom is -0.302 e. The van der Waals surface area contributed by atoms with E-state index in [0.717, 1.165) is 49.8 Å². The quantitative estimate of drug-likeness (QED) is 0.425. The fraction of sp³-hybridized carbons (Fsp3) is 0.417. The standard InChI is InChI=1S/C24H27F2N3OS.ClH/c1-3-28(4-2)11-12-29(24-27-22-20(26)14-19(25)15-21(22)31-24)23(30)18-10-9-16-7-5-6-8-17(16)13-18;/h9-10,13-15H,3-8,11-12H2,1-2H3;1H. The van der Waals surface area contributed by atoms with E-state index in [9.17, 15) is 13.6 Å². The lowest BCUT2D eigenvalue weighted by atomic mass is 9.90. The van der Waals surface area contributed by atoms with E-state index in [2.05, 4.69) is 29.8 Å². The number of benzene rings is 2. The van der Waals surface area contributed by atoms with Crippen molar-refractivity contribution in [1.82, 2.24) is 9.88 Å². The number of aryl methyl sites for hydroxylation is 2. The minimum atomic E-state index is -0.706. The number of hydrogen-bond donors (Lipinski definition) is 0. The monoisotopic (exact) mass is 479 g/mol. The number of amides is 1. The fourth-order valence-corrected chi connectivity index (χ4v) is 5.18. The zero-order valence-electron chi connectivity index (χ0n) is 18.4. The number of thiazole rings is 1. The number of hydrogen-bond acceptors (Lipinski definition) is 4. The van der Waals surface area contributed by atoms with Gasteiger partial charge in [-0.15, -0.1) is 12.4 Å². The highest BCUT2D eigenvalue weighted by atomic mass is 35.5. The summed E-state index contributed by atoms with van der Waals surface area (Å²) in [5.41, 5.74) is 3.27. The van der Waals surface area contributed by atoms with Gasteiger partial charge in [0.1, 0.15) is 11.3 Å². The van der Waals surface area contributed by atoms with Gasteiger partial charge in [0.05, 0.1) is 4.70 Å². The minimum absolute atomic E-state index is 0. The second-order valence-electron chi connectivity index (χ2n) is 7.91. The third-order valence-corrected chi connectivity index (χ3v) is 7.03. The largest absolute Gasteiger partial charge is 0.302 e. The molecule has 0 atom stereocenters. The fourth-order valence-electron chi connectivity index (χ4n) is 4.15. The van der Waals surface area contributed by atoms with Crippen LogP contribution in [0.3, 0.4) is 0 Å². The first-order valence-electron chi connectivity index (χ1n) is 10.9. The third-order valence-electron chi connectivity index (χ3n) is 6.01. The molecule has 4 rings (SSSR count). The van der Waals surface area contributed by atoms with Crippen LogP contribution in [0, 0.1) is 11.6 Å². The van der Waals surface area contributed by atoms with Crippen molar-refractivity contribution in [3.05, 3.63) is 58.7 Å². The van der Waals surface area contributed by atoms with Crippen LogP contribution >= 0.6 is 23.7 Å². The Morgan fingerprint density at radius 3 is 2.47 bits per heavy atom. The number of likely N-dealkylation sites (N-methyl/N-ethyl adjacent to an activating group) is 1. The van der Waals surface area contributed by atoms with Crippen LogP contribution < -0.4 is 4.90 Å². The van der Waals surface area contributed by atoms with Gasteiger partial charge in [-0.2, -0.15) is 0 Å². The molecule has 1 aromatic heterocycles. The second kappa shape index (κ2) is 10.7. The molecule has 3 aromatic rings. The normalized spacial score (nSPS) is 13.2. The zero-order valence-corrected chi connectivity index (χ0v) is 20.0. The highest BCUT2D eigenvalue weighted by Crippen LogP contribution is 2.32. The lowest BCUT2D eigenvalue weighted by Gasteiger charge is -2.25. The Hall–Kier alpha value is -2.09. The SMILES string of the molecule is CCN(CC)CCN(C(=O)c1ccc2c(c1)CCCC2)c1nc2c(F)cc(F)cc2s1.Cl. The average molecular weight is 480 g/mol. The number of halogens is 3. The van der Waals surface area contributed by atoms with Gasteiger partial charge in [0.2, 0.25) is 0 Å². The van der Waals surface area contributed by atoms with Crippen molar-refractivity contribution in [3.63, 3.8) is 0 Å². The summed E-state index contributed by atoms with van der Waals surface area (Å²) in [5.74, 6) is -1.50. The predicted octanol–water partition coefficient (Wildman–Crippen LogP) is 5.86. The van der Waals surface area contributed by atoms with Gasteiger partial charge >= 0.3 is 0 Å². The summed E-state index contributed by atoms with van der Waals surface area (Å²) < 4.78 is 28.3. The summed E-state index contributed by atoms with van der Waals surface area (Å²) >= 11 is 1.15. The van der Waals surface area contributed by atoms with Gasteiger partial charge in [-0.05, 0) is 68.1 Å². The highest BCUT2D eigenvalue weighted by Gasteiger charge is 2.24. The molecule has 0 saturated heterocycles. The summed E-state index contributed by atoms with van der Waals surface area (Å²) in [7, 11) is 0. The maximum atomic E-state index is 14.3. The summed E-state index contributed by atoms with van der Waals surface area (Å²) in [4.78, 5) is 21.8. The predicted molar refractivity (Wildman–Crippen MR) is 129 cm³/mol. The summed E-state index contributed by atoms with van der Waals surface area (Å²) in [6, 6.07) is 8.03. The number of aromatic nitrogens is 1. The number of carbonyl (C=O) groups excluding carboxylic acids is 1. The molecule has 0 fully saturated rings. The van der Waals surface area contributed by atoms with E-state index in [1.165, 1.54) is 23.6 Å². The van der Waals surface area contributed by atoms with Crippen LogP contribution in [-0.4, -0.2) is 42.0 Å². The molecule has 0 radical (unpaired) electrons. The Labute approximate surface area is 197 Å². The lowest BCUT2D eigenvalue weighted by molar-refractivity contribution is 0.0983. The van der Waals surface area contributed by atoms with E-state index in [1.54, 1.807) is 4.90 Å². The summed E-state index contributed by atoms with van der Waals surface area (Å²) in [6.45, 7) is 7.01. The molecule has 0 spiro atoms. The van der Waals surface area contributed by atoms with Crippen molar-refractivity contribution in [3.8, 4) is 0 Å². The van der Waals surface area contributed by atoms with Crippen molar-refractivity contribution in [2.24, 2.45) is 0 Å². The number of rotatable bonds is 7. The van der Waals surface area contributed by atoms with Crippen molar-refractivity contribution < 1.29 is 13.6 Å². The van der Waals surface area contributed by atoms with Crippen LogP contribution in [0.5, 0.6) is 0 Å². The Morgan fingerprint density at radius 2 is 1.75 bits per heavy atom. The first-order valence-corrected chi connectivity index (χ1v) is 11.7. The van der Waals surface area contributed by atoms with Crippen LogP contribution in [0.25, 0.3) is 10.2 Å². The number of carbonyl (C=O) groups is 1. The molecule has 0 aliphatic heterocycles. The summed E-state index contributed by atoms with van der Waals surface area (Å²) in [6.07, 6.45) is 4.36. The van der Waals surface area contributed by atoms with Crippen molar-refractivity contribution in [1.29, 1.82) is 0 Å². The maximum absolute atomic E-state index is 14.3. The Morgan fingerprint density at radius 1 is 1.03 bits per heavy atom. The molecule has 0 saturated carbocycles. The zero-order chi connectivity index (χ0) is 22.0. The molecule has 2 aromatic carbocycles. The highest BCUT2D eigenvalue weighted by molar-refractivity contribution is 7.22. The van der Waals surface area contributed by atoms with E-state index in [-0.39, 0.29) is 23.8 Å². The average Bonchev–Trinajstić information content (AvgIpc) is 3.20. The molecule has 32 heavy (non-hydrogen) atoms. The lowest BCUT2D eigenvalue weighted by Crippen LogP contribution is -2.39. The molecule has 0 N–H and O–H groups in total. The van der Waals surface area contributed by atoms with Crippen LogP contribution in [-0.2, 0) is 12.8 Å². The van der Waals surface area contributed by atoms with Gasteiger partial charge in [-0.25, -0.2) is 13.8 Å². The van der Waals surface area contributed by atoms with Crippen LogP contribution in [0.4, 0.5) is 13.9 Å². The van der Waals surface area contributed by atoms with E-state index in [1.807, 2.05) is 12.1 Å². The molecule has 1 amide bonds. The molecule has 1 aliphatic carbocycles. The molecular formula is C24H28ClF2N3OS. The van der Waals surface area contributed by atoms with Crippen LogP contribution in [0.15, 0.2) is 30.3 Å². The first kappa shape index (κ1) is 24.6. The van der Waals surface area contributed by atoms with E-state index < -0.39 is 11.6 Å². The topological polar surface area (TPSA) is 36.4 Å². The molecule has 0 bridgehead atoms. The maximum Gasteiger partial charge on any atom is 0.260 e. The van der Waals surface area contributed by atoms with Crippen molar-refractivity contribution >= 4 is 45.0 Å². The van der Waals surface area contributed by atoms with E-state index in [4.69, 9.17) is 0 Å². The van der Waals surface area contributed by atoms with Gasteiger partial charge in [-0.3, -0.25) is 9.69 Å². The van der Waals surface area contributed by atoms with Gasteiger partial charge < -0.3 is 4.90 Å². The molecule has 1 aliphatic rings. The van der Waals surface area contributed by atoms with Crippen molar-refractivity contribution in [2.45, 2.75) is 39.5 Å².